The Hall–Kier alpha value is 0.490. The number of thioether (sulfide) groups is 1. The maximum Gasteiger partial charge on any atom is 0.0300 e. The summed E-state index contributed by atoms with van der Waals surface area (Å²) in [5.74, 6) is 2.21. The fraction of sp³-hybridized carbons (Fsp3) is 0.714. The van der Waals surface area contributed by atoms with E-state index in [9.17, 15) is 0 Å². The highest BCUT2D eigenvalue weighted by atomic mass is 79.9. The van der Waals surface area contributed by atoms with E-state index in [2.05, 4.69) is 51.4 Å². The van der Waals surface area contributed by atoms with Gasteiger partial charge in [0.2, 0.25) is 0 Å². The van der Waals surface area contributed by atoms with Crippen molar-refractivity contribution in [2.45, 2.75) is 44.4 Å². The summed E-state index contributed by atoms with van der Waals surface area (Å²) in [6, 6.07) is 2.20. The van der Waals surface area contributed by atoms with Crippen LogP contribution in [0, 0.1) is 5.92 Å². The molecule has 1 fully saturated rings. The third kappa shape index (κ3) is 5.24. The van der Waals surface area contributed by atoms with Crippen molar-refractivity contribution in [2.24, 2.45) is 5.92 Å². The molecule has 18 heavy (non-hydrogen) atoms. The van der Waals surface area contributed by atoms with Crippen LogP contribution in [0.4, 0.5) is 0 Å². The van der Waals surface area contributed by atoms with Crippen LogP contribution in [0.15, 0.2) is 15.9 Å². The molecule has 0 aliphatic heterocycles. The molecule has 0 radical (unpaired) electrons. The Balaban J connectivity index is 1.53. The van der Waals surface area contributed by atoms with E-state index in [1.807, 2.05) is 11.3 Å². The molecule has 1 heterocycles. The molecule has 2 unspecified atom stereocenters. The van der Waals surface area contributed by atoms with Crippen LogP contribution in [0.25, 0.3) is 0 Å². The van der Waals surface area contributed by atoms with Gasteiger partial charge < -0.3 is 5.32 Å². The number of nitrogens with one attached hydrogen (secondary N) is 1. The van der Waals surface area contributed by atoms with Gasteiger partial charge in [-0.05, 0) is 40.8 Å². The van der Waals surface area contributed by atoms with Crippen LogP contribution < -0.4 is 5.32 Å². The van der Waals surface area contributed by atoms with Crippen molar-refractivity contribution < 1.29 is 0 Å². The highest BCUT2D eigenvalue weighted by molar-refractivity contribution is 9.10. The lowest BCUT2D eigenvalue weighted by atomic mass is 9.91. The molecule has 2 atom stereocenters. The van der Waals surface area contributed by atoms with Gasteiger partial charge in [-0.25, -0.2) is 0 Å². The summed E-state index contributed by atoms with van der Waals surface area (Å²) in [5.41, 5.74) is 0. The monoisotopic (exact) mass is 347 g/mol. The van der Waals surface area contributed by atoms with Gasteiger partial charge in [0.05, 0.1) is 0 Å². The van der Waals surface area contributed by atoms with Crippen LogP contribution in [0.2, 0.25) is 0 Å². The number of hydrogen-bond donors (Lipinski definition) is 1. The highest BCUT2D eigenvalue weighted by Gasteiger charge is 2.18. The van der Waals surface area contributed by atoms with Gasteiger partial charge in [0.25, 0.3) is 0 Å². The van der Waals surface area contributed by atoms with Gasteiger partial charge in [-0.1, -0.05) is 19.8 Å². The van der Waals surface area contributed by atoms with E-state index in [0.717, 1.165) is 24.3 Å². The van der Waals surface area contributed by atoms with Crippen molar-refractivity contribution in [2.75, 3.05) is 12.3 Å². The second-order valence-corrected chi connectivity index (χ2v) is 8.49. The summed E-state index contributed by atoms with van der Waals surface area (Å²) in [5, 5.41) is 6.61. The molecule has 0 bridgehead atoms. The zero-order valence-electron chi connectivity index (χ0n) is 11.0. The summed E-state index contributed by atoms with van der Waals surface area (Å²) in [6.07, 6.45) is 5.76. The number of hydrogen-bond acceptors (Lipinski definition) is 3. The highest BCUT2D eigenvalue weighted by Crippen LogP contribution is 2.31. The molecular weight excluding hydrogens is 326 g/mol. The molecule has 1 nitrogen and oxygen atoms in total. The number of thiophene rings is 1. The predicted molar refractivity (Wildman–Crippen MR) is 87.6 cm³/mol. The maximum atomic E-state index is 3.53. The van der Waals surface area contributed by atoms with Crippen LogP contribution in [-0.2, 0) is 6.54 Å². The Morgan fingerprint density at radius 3 is 3.11 bits per heavy atom. The average molecular weight is 348 g/mol. The normalized spacial score (nSPS) is 24.3. The third-order valence-corrected chi connectivity index (χ3v) is 6.48. The molecule has 1 aliphatic carbocycles. The fourth-order valence-electron chi connectivity index (χ4n) is 2.49. The Morgan fingerprint density at radius 1 is 1.50 bits per heavy atom. The Kier molecular flexibility index (Phi) is 6.56. The fourth-order valence-corrected chi connectivity index (χ4v) is 5.30. The topological polar surface area (TPSA) is 12.0 Å². The minimum absolute atomic E-state index is 0.923. The van der Waals surface area contributed by atoms with Crippen LogP contribution in [0.5, 0.6) is 0 Å². The van der Waals surface area contributed by atoms with Crippen molar-refractivity contribution in [3.8, 4) is 0 Å². The summed E-state index contributed by atoms with van der Waals surface area (Å²) in [4.78, 5) is 1.41. The van der Waals surface area contributed by atoms with E-state index in [1.54, 1.807) is 0 Å². The Bertz CT molecular complexity index is 353. The molecule has 102 valence electrons. The van der Waals surface area contributed by atoms with Gasteiger partial charge >= 0.3 is 0 Å². The van der Waals surface area contributed by atoms with Crippen molar-refractivity contribution in [1.29, 1.82) is 0 Å². The van der Waals surface area contributed by atoms with Crippen molar-refractivity contribution in [3.05, 3.63) is 20.8 Å². The van der Waals surface area contributed by atoms with Crippen LogP contribution in [0.3, 0.4) is 0 Å². The number of halogens is 1. The SMILES string of the molecule is CC1CCCC(SCCNCc2cc(Br)cs2)C1. The standard InChI is InChI=1S/C14H22BrNS2/c1-11-3-2-4-13(7-11)17-6-5-16-9-14-8-12(15)10-18-14/h8,10-11,13,16H,2-7,9H2,1H3. The Morgan fingerprint density at radius 2 is 2.39 bits per heavy atom. The quantitative estimate of drug-likeness (QED) is 0.733. The minimum Gasteiger partial charge on any atom is -0.311 e. The van der Waals surface area contributed by atoms with Crippen LogP contribution in [0.1, 0.15) is 37.5 Å². The van der Waals surface area contributed by atoms with E-state index in [0.29, 0.717) is 0 Å². The van der Waals surface area contributed by atoms with Gasteiger partial charge in [-0.15, -0.1) is 11.3 Å². The van der Waals surface area contributed by atoms with Crippen molar-refractivity contribution in [3.63, 3.8) is 0 Å². The second-order valence-electron chi connectivity index (χ2n) is 5.17. The lowest BCUT2D eigenvalue weighted by molar-refractivity contribution is 0.394. The molecule has 4 heteroatoms. The molecule has 0 aromatic carbocycles. The maximum absolute atomic E-state index is 3.53. The first-order valence-corrected chi connectivity index (χ1v) is 9.51. The van der Waals surface area contributed by atoms with Gasteiger partial charge in [0.1, 0.15) is 0 Å². The van der Waals surface area contributed by atoms with Gasteiger partial charge in [-0.2, -0.15) is 11.8 Å². The molecule has 1 N–H and O–H groups in total. The zero-order chi connectivity index (χ0) is 12.8. The van der Waals surface area contributed by atoms with E-state index in [1.165, 1.54) is 40.8 Å². The van der Waals surface area contributed by atoms with Gasteiger partial charge in [0, 0.05) is 38.8 Å². The number of rotatable bonds is 6. The molecule has 1 aromatic heterocycles. The summed E-state index contributed by atoms with van der Waals surface area (Å²) in [6.45, 7) is 4.54. The smallest absolute Gasteiger partial charge is 0.0300 e. The molecule has 1 saturated carbocycles. The molecule has 0 spiro atoms. The predicted octanol–water partition coefficient (Wildman–Crippen LogP) is 4.91. The first-order valence-electron chi connectivity index (χ1n) is 6.79. The summed E-state index contributed by atoms with van der Waals surface area (Å²) in [7, 11) is 0. The lowest BCUT2D eigenvalue weighted by Gasteiger charge is -2.26. The summed E-state index contributed by atoms with van der Waals surface area (Å²) < 4.78 is 1.20. The first-order chi connectivity index (χ1) is 8.74. The van der Waals surface area contributed by atoms with Crippen LogP contribution >= 0.6 is 39.0 Å². The largest absolute Gasteiger partial charge is 0.311 e. The molecule has 1 aliphatic rings. The van der Waals surface area contributed by atoms with Crippen LogP contribution in [-0.4, -0.2) is 17.5 Å². The zero-order valence-corrected chi connectivity index (χ0v) is 14.2. The van der Waals surface area contributed by atoms with Crippen molar-refractivity contribution in [1.82, 2.24) is 5.32 Å². The first kappa shape index (κ1) is 14.9. The van der Waals surface area contributed by atoms with E-state index >= 15 is 0 Å². The third-order valence-electron chi connectivity index (χ3n) is 3.44. The Labute approximate surface area is 127 Å². The van der Waals surface area contributed by atoms with Gasteiger partial charge in [-0.3, -0.25) is 0 Å². The minimum atomic E-state index is 0.923. The van der Waals surface area contributed by atoms with E-state index < -0.39 is 0 Å². The van der Waals surface area contributed by atoms with Crippen molar-refractivity contribution >= 4 is 39.0 Å². The van der Waals surface area contributed by atoms with E-state index in [-0.39, 0.29) is 0 Å². The van der Waals surface area contributed by atoms with E-state index in [4.69, 9.17) is 0 Å². The molecule has 0 saturated heterocycles. The molecule has 1 aromatic rings. The summed E-state index contributed by atoms with van der Waals surface area (Å²) >= 11 is 7.48. The average Bonchev–Trinajstić information content (AvgIpc) is 2.75. The molecule has 2 rings (SSSR count). The van der Waals surface area contributed by atoms with Gasteiger partial charge in [0.15, 0.2) is 0 Å². The lowest BCUT2D eigenvalue weighted by Crippen LogP contribution is -2.20. The molecular formula is C14H22BrNS2. The molecule has 0 amide bonds. The second kappa shape index (κ2) is 7.93.